The summed E-state index contributed by atoms with van der Waals surface area (Å²) < 4.78 is 57.9. The van der Waals surface area contributed by atoms with Crippen molar-refractivity contribution in [3.63, 3.8) is 0 Å². The fourth-order valence-electron chi connectivity index (χ4n) is 3.56. The van der Waals surface area contributed by atoms with Gasteiger partial charge in [-0.15, -0.1) is 11.8 Å². The lowest BCUT2D eigenvalue weighted by molar-refractivity contribution is -0.139. The zero-order chi connectivity index (χ0) is 21.1. The summed E-state index contributed by atoms with van der Waals surface area (Å²) in [7, 11) is 0. The molecule has 1 heterocycles. The maximum atomic E-state index is 13.6. The fourth-order valence-corrected chi connectivity index (χ4v) is 4.48. The van der Waals surface area contributed by atoms with Gasteiger partial charge in [0.25, 0.3) is 0 Å². The predicted octanol–water partition coefficient (Wildman–Crippen LogP) is 3.59. The Bertz CT molecular complexity index is 803. The van der Waals surface area contributed by atoms with Crippen LogP contribution in [0.15, 0.2) is 6.07 Å². The number of halogens is 4. The summed E-state index contributed by atoms with van der Waals surface area (Å²) in [5, 5.41) is -0.808. The Kier molecular flexibility index (Phi) is 6.81. The molecule has 1 saturated heterocycles. The molecule has 1 aromatic carbocycles. The first-order valence-corrected chi connectivity index (χ1v) is 10.3. The lowest BCUT2D eigenvalue weighted by Gasteiger charge is -2.25. The molecule has 0 radical (unpaired) electrons. The maximum absolute atomic E-state index is 13.6. The van der Waals surface area contributed by atoms with Crippen LogP contribution in [0.1, 0.15) is 38.5 Å². The smallest absolute Gasteiger partial charge is 0.321 e. The molecule has 3 rings (SSSR count). The van der Waals surface area contributed by atoms with Gasteiger partial charge in [0, 0.05) is 19.0 Å². The molecule has 1 aromatic rings. The van der Waals surface area contributed by atoms with Gasteiger partial charge in [-0.25, -0.2) is 8.78 Å². The monoisotopic (exact) mass is 433 g/mol. The van der Waals surface area contributed by atoms with Crippen molar-refractivity contribution >= 4 is 29.5 Å². The Hall–Kier alpha value is -2.10. The van der Waals surface area contributed by atoms with Crippen LogP contribution in [-0.4, -0.2) is 40.2 Å². The first kappa shape index (κ1) is 21.6. The minimum Gasteiger partial charge on any atom is -0.419 e. The van der Waals surface area contributed by atoms with E-state index in [9.17, 15) is 31.9 Å². The molecule has 0 bridgehead atoms. The zero-order valence-electron chi connectivity index (χ0n) is 15.4. The Morgan fingerprint density at radius 3 is 2.31 bits per heavy atom. The third kappa shape index (κ3) is 4.91. The number of benzene rings is 1. The van der Waals surface area contributed by atoms with Crippen molar-refractivity contribution in [2.75, 3.05) is 12.3 Å². The lowest BCUT2D eigenvalue weighted by Crippen LogP contribution is -2.36. The number of likely N-dealkylation sites (tertiary alicyclic amines) is 1. The number of hydrogen-bond donors (Lipinski definition) is 0. The van der Waals surface area contributed by atoms with Crippen LogP contribution < -0.4 is 4.74 Å². The molecule has 0 N–H and O–H groups in total. The number of carbonyl (C=O) groups is 3. The summed E-state index contributed by atoms with van der Waals surface area (Å²) in [4.78, 5) is 37.7. The summed E-state index contributed by atoms with van der Waals surface area (Å²) in [6.45, 7) is 0.359. The molecule has 1 atom stereocenters. The molecule has 10 heteroatoms. The molecule has 5 nitrogen and oxygen atoms in total. The van der Waals surface area contributed by atoms with Crippen LogP contribution in [0.4, 0.5) is 17.6 Å². The second-order valence-electron chi connectivity index (χ2n) is 7.12. The van der Waals surface area contributed by atoms with E-state index in [1.54, 1.807) is 0 Å². The van der Waals surface area contributed by atoms with Crippen molar-refractivity contribution in [3.05, 3.63) is 29.3 Å². The van der Waals surface area contributed by atoms with Gasteiger partial charge in [-0.2, -0.15) is 8.78 Å². The maximum Gasteiger partial charge on any atom is 0.321 e. The van der Waals surface area contributed by atoms with Crippen LogP contribution in [0.25, 0.3) is 0 Å². The molecule has 2 fully saturated rings. The lowest BCUT2D eigenvalue weighted by atomic mass is 9.89. The van der Waals surface area contributed by atoms with Crippen molar-refractivity contribution in [1.29, 1.82) is 0 Å². The molecule has 0 aromatic heterocycles. The van der Waals surface area contributed by atoms with Crippen LogP contribution in [0.5, 0.6) is 5.75 Å². The second-order valence-corrected chi connectivity index (χ2v) is 8.31. The SMILES string of the molecule is O=C(CSC1CC(=O)N(CC2CCCCC2)C1=O)Oc1c(F)c(F)cc(F)c1F. The van der Waals surface area contributed by atoms with E-state index in [0.717, 1.165) is 43.9 Å². The molecule has 1 aliphatic carbocycles. The molecule has 1 saturated carbocycles. The number of nitrogens with zero attached hydrogens (tertiary/aromatic N) is 1. The zero-order valence-corrected chi connectivity index (χ0v) is 16.2. The van der Waals surface area contributed by atoms with Crippen LogP contribution in [-0.2, 0) is 14.4 Å². The number of carbonyl (C=O) groups excluding carboxylic acids is 3. The van der Waals surface area contributed by atoms with E-state index in [1.165, 1.54) is 4.90 Å². The van der Waals surface area contributed by atoms with Gasteiger partial charge in [0.2, 0.25) is 29.2 Å². The summed E-state index contributed by atoms with van der Waals surface area (Å²) in [6, 6.07) is 0.000458. The normalized spacial score (nSPS) is 20.4. The number of thioether (sulfide) groups is 1. The topological polar surface area (TPSA) is 63.7 Å². The summed E-state index contributed by atoms with van der Waals surface area (Å²) in [5.74, 6) is -10.7. The van der Waals surface area contributed by atoms with Crippen molar-refractivity contribution in [2.45, 2.75) is 43.8 Å². The van der Waals surface area contributed by atoms with Gasteiger partial charge in [0.05, 0.1) is 11.0 Å². The van der Waals surface area contributed by atoms with Gasteiger partial charge >= 0.3 is 5.97 Å². The minimum absolute atomic E-state index is 0.000458. The highest BCUT2D eigenvalue weighted by Crippen LogP contribution is 2.31. The van der Waals surface area contributed by atoms with Gasteiger partial charge in [-0.1, -0.05) is 19.3 Å². The minimum atomic E-state index is -1.83. The highest BCUT2D eigenvalue weighted by Gasteiger charge is 2.40. The van der Waals surface area contributed by atoms with Gasteiger partial charge in [0.15, 0.2) is 11.6 Å². The van der Waals surface area contributed by atoms with E-state index < -0.39 is 51.9 Å². The van der Waals surface area contributed by atoms with Gasteiger partial charge < -0.3 is 4.74 Å². The van der Waals surface area contributed by atoms with E-state index >= 15 is 0 Å². The molecule has 1 unspecified atom stereocenters. The Labute approximate surface area is 168 Å². The summed E-state index contributed by atoms with van der Waals surface area (Å²) in [5.41, 5.74) is 0. The van der Waals surface area contributed by atoms with Gasteiger partial charge in [-0.3, -0.25) is 19.3 Å². The number of amides is 2. The quantitative estimate of drug-likeness (QED) is 0.226. The van der Waals surface area contributed by atoms with E-state index in [4.69, 9.17) is 0 Å². The van der Waals surface area contributed by atoms with E-state index in [-0.39, 0.29) is 24.3 Å². The molecule has 158 valence electrons. The number of ether oxygens (including phenoxy) is 1. The largest absolute Gasteiger partial charge is 0.419 e. The first-order valence-electron chi connectivity index (χ1n) is 9.27. The van der Waals surface area contributed by atoms with E-state index in [2.05, 4.69) is 4.74 Å². The van der Waals surface area contributed by atoms with Crippen LogP contribution in [0.3, 0.4) is 0 Å². The Morgan fingerprint density at radius 1 is 1.07 bits per heavy atom. The van der Waals surface area contributed by atoms with Crippen molar-refractivity contribution < 1.29 is 36.7 Å². The molecular weight excluding hydrogens is 414 g/mol. The van der Waals surface area contributed by atoms with Crippen LogP contribution >= 0.6 is 11.8 Å². The highest BCUT2D eigenvalue weighted by molar-refractivity contribution is 8.01. The van der Waals surface area contributed by atoms with Crippen LogP contribution in [0, 0.1) is 29.2 Å². The van der Waals surface area contributed by atoms with E-state index in [0.29, 0.717) is 6.54 Å². The van der Waals surface area contributed by atoms with Crippen molar-refractivity contribution in [3.8, 4) is 5.75 Å². The Morgan fingerprint density at radius 2 is 1.69 bits per heavy atom. The molecule has 2 aliphatic rings. The van der Waals surface area contributed by atoms with Gasteiger partial charge in [0.1, 0.15) is 0 Å². The summed E-state index contributed by atoms with van der Waals surface area (Å²) in [6.07, 6.45) is 5.12. The van der Waals surface area contributed by atoms with Crippen LogP contribution in [0.2, 0.25) is 0 Å². The molecule has 29 heavy (non-hydrogen) atoms. The highest BCUT2D eigenvalue weighted by atomic mass is 32.2. The fraction of sp³-hybridized carbons (Fsp3) is 0.526. The molecule has 0 spiro atoms. The third-order valence-electron chi connectivity index (χ3n) is 5.06. The number of rotatable bonds is 6. The summed E-state index contributed by atoms with van der Waals surface area (Å²) >= 11 is 0.790. The predicted molar refractivity (Wildman–Crippen MR) is 96.1 cm³/mol. The number of esters is 1. The molecule has 1 aliphatic heterocycles. The standard InChI is InChI=1S/C19H19F4NO4S/c20-11-6-12(21)17(23)18(16(11)22)28-15(26)9-29-13-7-14(25)24(19(13)27)8-10-4-2-1-3-5-10/h6,10,13H,1-5,7-9H2. The number of hydrogen-bond acceptors (Lipinski definition) is 5. The third-order valence-corrected chi connectivity index (χ3v) is 6.23. The van der Waals surface area contributed by atoms with E-state index in [1.807, 2.05) is 0 Å². The average molecular weight is 433 g/mol. The molecule has 2 amide bonds. The number of imide groups is 1. The van der Waals surface area contributed by atoms with Crippen molar-refractivity contribution in [1.82, 2.24) is 4.90 Å². The second kappa shape index (κ2) is 9.15. The Balaban J connectivity index is 1.55. The molecular formula is C19H19F4NO4S. The average Bonchev–Trinajstić information content (AvgIpc) is 2.96. The van der Waals surface area contributed by atoms with Gasteiger partial charge in [-0.05, 0) is 18.8 Å². The first-order chi connectivity index (χ1) is 13.8. The van der Waals surface area contributed by atoms with Crippen molar-refractivity contribution in [2.24, 2.45) is 5.92 Å².